The highest BCUT2D eigenvalue weighted by molar-refractivity contribution is 6.30. The minimum absolute atomic E-state index is 0.116. The second kappa shape index (κ2) is 10.5. The van der Waals surface area contributed by atoms with E-state index in [1.54, 1.807) is 0 Å². The molecule has 4 rings (SSSR count). The molecule has 3 nitrogen and oxygen atoms in total. The van der Waals surface area contributed by atoms with Crippen molar-refractivity contribution in [3.05, 3.63) is 106 Å². The van der Waals surface area contributed by atoms with E-state index in [1.807, 2.05) is 42.5 Å². The second-order valence-corrected chi connectivity index (χ2v) is 9.90. The first-order valence-corrected chi connectivity index (χ1v) is 12.2. The maximum absolute atomic E-state index is 13.4. The van der Waals surface area contributed by atoms with Crippen LogP contribution in [0.2, 0.25) is 5.02 Å². The molecule has 3 aromatic rings. The number of aryl methyl sites for hydroxylation is 1. The molecule has 0 aliphatic carbocycles. The summed E-state index contributed by atoms with van der Waals surface area (Å²) >= 11 is 6.09. The van der Waals surface area contributed by atoms with E-state index in [-0.39, 0.29) is 11.9 Å². The maximum atomic E-state index is 13.4. The lowest BCUT2D eigenvalue weighted by molar-refractivity contribution is 0.0668. The van der Waals surface area contributed by atoms with Crippen LogP contribution in [0.1, 0.15) is 46.8 Å². The van der Waals surface area contributed by atoms with Gasteiger partial charge in [0.1, 0.15) is 0 Å². The fraction of sp³-hybridized carbons (Fsp3) is 0.345. The van der Waals surface area contributed by atoms with Gasteiger partial charge in [-0.1, -0.05) is 66.2 Å². The van der Waals surface area contributed by atoms with Crippen LogP contribution in [0, 0.1) is 12.8 Å². The Balaban J connectivity index is 1.58. The Bertz CT molecular complexity index is 1060. The Hall–Kier alpha value is -2.62. The molecule has 0 bridgehead atoms. The molecule has 1 fully saturated rings. The van der Waals surface area contributed by atoms with E-state index < -0.39 is 0 Å². The summed E-state index contributed by atoms with van der Waals surface area (Å²) in [7, 11) is 0. The topological polar surface area (TPSA) is 23.6 Å². The molecular weight excluding hydrogens is 428 g/mol. The Labute approximate surface area is 203 Å². The van der Waals surface area contributed by atoms with Gasteiger partial charge in [-0.25, -0.2) is 0 Å². The zero-order valence-corrected chi connectivity index (χ0v) is 20.5. The molecule has 2 unspecified atom stereocenters. The number of rotatable bonds is 7. The average Bonchev–Trinajstić information content (AvgIpc) is 3.21. The quantitative estimate of drug-likeness (QED) is 0.406. The van der Waals surface area contributed by atoms with E-state index in [2.05, 4.69) is 67.0 Å². The summed E-state index contributed by atoms with van der Waals surface area (Å²) < 4.78 is 0. The van der Waals surface area contributed by atoms with Gasteiger partial charge in [0.15, 0.2) is 0 Å². The van der Waals surface area contributed by atoms with E-state index >= 15 is 0 Å². The van der Waals surface area contributed by atoms with E-state index in [0.717, 1.165) is 36.8 Å². The largest absolute Gasteiger partial charge is 0.336 e. The highest BCUT2D eigenvalue weighted by Crippen LogP contribution is 2.36. The van der Waals surface area contributed by atoms with Gasteiger partial charge in [-0.3, -0.25) is 9.69 Å². The van der Waals surface area contributed by atoms with Gasteiger partial charge in [-0.15, -0.1) is 0 Å². The molecule has 4 heteroatoms. The fourth-order valence-corrected chi connectivity index (χ4v) is 5.13. The van der Waals surface area contributed by atoms with E-state index in [9.17, 15) is 4.79 Å². The number of carbonyl (C=O) groups is 1. The van der Waals surface area contributed by atoms with Gasteiger partial charge in [0.05, 0.1) is 0 Å². The van der Waals surface area contributed by atoms with Crippen molar-refractivity contribution in [3.8, 4) is 0 Å². The van der Waals surface area contributed by atoms with Crippen LogP contribution < -0.4 is 0 Å². The molecule has 1 aliphatic rings. The second-order valence-electron chi connectivity index (χ2n) is 9.46. The Morgan fingerprint density at radius 1 is 0.970 bits per heavy atom. The summed E-state index contributed by atoms with van der Waals surface area (Å²) in [4.78, 5) is 18.0. The number of hydrogen-bond donors (Lipinski definition) is 0. The summed E-state index contributed by atoms with van der Waals surface area (Å²) in [5.41, 5.74) is 4.75. The number of likely N-dealkylation sites (tertiary alicyclic amines) is 1. The standard InChI is InChI=1S/C29H33ClN2O/c1-21(2)32(29(33)24-10-5-4-6-11-24)19-25-18-31(17-23-13-15-26(30)16-14-23)20-28(25)27-12-8-7-9-22(27)3/h4-16,21,25,28H,17-20H2,1-3H3. The first-order chi connectivity index (χ1) is 15.9. The van der Waals surface area contributed by atoms with Crippen LogP contribution >= 0.6 is 11.6 Å². The molecule has 0 aromatic heterocycles. The van der Waals surface area contributed by atoms with Gasteiger partial charge in [-0.2, -0.15) is 0 Å². The van der Waals surface area contributed by atoms with Gasteiger partial charge in [-0.05, 0) is 67.6 Å². The normalized spacial score (nSPS) is 18.6. The van der Waals surface area contributed by atoms with Gasteiger partial charge in [0, 0.05) is 48.7 Å². The predicted octanol–water partition coefficient (Wildman–Crippen LogP) is 6.41. The SMILES string of the molecule is Cc1ccccc1C1CN(Cc2ccc(Cl)cc2)CC1CN(C(=O)c1ccccc1)C(C)C. The zero-order chi connectivity index (χ0) is 23.4. The molecule has 3 aromatic carbocycles. The first kappa shape index (κ1) is 23.5. The van der Waals surface area contributed by atoms with Crippen molar-refractivity contribution in [1.82, 2.24) is 9.80 Å². The Morgan fingerprint density at radius 2 is 1.64 bits per heavy atom. The van der Waals surface area contributed by atoms with Crippen LogP contribution in [-0.2, 0) is 6.54 Å². The number of carbonyl (C=O) groups excluding carboxylic acids is 1. The van der Waals surface area contributed by atoms with Crippen molar-refractivity contribution in [1.29, 1.82) is 0 Å². The van der Waals surface area contributed by atoms with Crippen LogP contribution in [0.3, 0.4) is 0 Å². The molecule has 172 valence electrons. The van der Waals surface area contributed by atoms with Crippen LogP contribution in [0.15, 0.2) is 78.9 Å². The third-order valence-electron chi connectivity index (χ3n) is 6.76. The third kappa shape index (κ3) is 5.66. The molecule has 0 spiro atoms. The number of hydrogen-bond acceptors (Lipinski definition) is 2. The highest BCUT2D eigenvalue weighted by Gasteiger charge is 2.37. The number of nitrogens with zero attached hydrogens (tertiary/aromatic N) is 2. The van der Waals surface area contributed by atoms with Crippen LogP contribution in [0.25, 0.3) is 0 Å². The van der Waals surface area contributed by atoms with Crippen molar-refractivity contribution >= 4 is 17.5 Å². The molecule has 0 radical (unpaired) electrons. The van der Waals surface area contributed by atoms with Crippen LogP contribution in [-0.4, -0.2) is 41.4 Å². The minimum atomic E-state index is 0.116. The number of amides is 1. The smallest absolute Gasteiger partial charge is 0.254 e. The molecule has 2 atom stereocenters. The van der Waals surface area contributed by atoms with Gasteiger partial charge in [0.25, 0.3) is 5.91 Å². The first-order valence-electron chi connectivity index (χ1n) is 11.8. The molecule has 1 saturated heterocycles. The highest BCUT2D eigenvalue weighted by atomic mass is 35.5. The van der Waals surface area contributed by atoms with Gasteiger partial charge in [0.2, 0.25) is 0 Å². The fourth-order valence-electron chi connectivity index (χ4n) is 5.01. The van der Waals surface area contributed by atoms with E-state index in [1.165, 1.54) is 16.7 Å². The van der Waals surface area contributed by atoms with Crippen LogP contribution in [0.4, 0.5) is 0 Å². The third-order valence-corrected chi connectivity index (χ3v) is 7.01. The van der Waals surface area contributed by atoms with Crippen molar-refractivity contribution in [2.45, 2.75) is 39.3 Å². The van der Waals surface area contributed by atoms with E-state index in [0.29, 0.717) is 11.8 Å². The van der Waals surface area contributed by atoms with Crippen molar-refractivity contribution in [3.63, 3.8) is 0 Å². The molecule has 0 saturated carbocycles. The maximum Gasteiger partial charge on any atom is 0.254 e. The predicted molar refractivity (Wildman–Crippen MR) is 137 cm³/mol. The molecule has 1 heterocycles. The summed E-state index contributed by atoms with van der Waals surface area (Å²) in [5.74, 6) is 0.877. The van der Waals surface area contributed by atoms with Crippen molar-refractivity contribution in [2.75, 3.05) is 19.6 Å². The molecule has 33 heavy (non-hydrogen) atoms. The lowest BCUT2D eigenvalue weighted by atomic mass is 9.86. The number of halogens is 1. The van der Waals surface area contributed by atoms with Crippen LogP contribution in [0.5, 0.6) is 0 Å². The Morgan fingerprint density at radius 3 is 2.30 bits per heavy atom. The summed E-state index contributed by atoms with van der Waals surface area (Å²) in [6, 6.07) is 26.6. The average molecular weight is 461 g/mol. The molecule has 0 N–H and O–H groups in total. The van der Waals surface area contributed by atoms with Crippen molar-refractivity contribution in [2.24, 2.45) is 5.92 Å². The van der Waals surface area contributed by atoms with Gasteiger partial charge >= 0.3 is 0 Å². The zero-order valence-electron chi connectivity index (χ0n) is 19.7. The molecule has 1 aliphatic heterocycles. The summed E-state index contributed by atoms with van der Waals surface area (Å²) in [6.07, 6.45) is 0. The Kier molecular flexibility index (Phi) is 7.52. The lowest BCUT2D eigenvalue weighted by Gasteiger charge is -2.32. The van der Waals surface area contributed by atoms with E-state index in [4.69, 9.17) is 11.6 Å². The van der Waals surface area contributed by atoms with Crippen molar-refractivity contribution < 1.29 is 4.79 Å². The minimum Gasteiger partial charge on any atom is -0.336 e. The monoisotopic (exact) mass is 460 g/mol. The summed E-state index contributed by atoms with van der Waals surface area (Å²) in [5, 5.41) is 0.767. The lowest BCUT2D eigenvalue weighted by Crippen LogP contribution is -2.42. The molecule has 1 amide bonds. The number of benzene rings is 3. The summed E-state index contributed by atoms with van der Waals surface area (Å²) in [6.45, 7) is 10.0. The van der Waals surface area contributed by atoms with Gasteiger partial charge < -0.3 is 4.90 Å². The molecular formula is C29H33ClN2O.